The molecule has 2 heterocycles. The van der Waals surface area contributed by atoms with Crippen LogP contribution >= 0.6 is 22.9 Å². The number of hydrogen-bond acceptors (Lipinski definition) is 6. The van der Waals surface area contributed by atoms with Crippen molar-refractivity contribution in [1.29, 1.82) is 0 Å². The Bertz CT molecular complexity index is 1150. The van der Waals surface area contributed by atoms with Gasteiger partial charge in [-0.25, -0.2) is 9.78 Å². The summed E-state index contributed by atoms with van der Waals surface area (Å²) in [4.78, 5) is 31.3. The average molecular weight is 486 g/mol. The summed E-state index contributed by atoms with van der Waals surface area (Å²) in [5, 5.41) is 13.5. The highest BCUT2D eigenvalue weighted by Gasteiger charge is 2.25. The summed E-state index contributed by atoms with van der Waals surface area (Å²) in [6, 6.07) is 14.7. The zero-order valence-corrected chi connectivity index (χ0v) is 19.7. The number of nitrogens with one attached hydrogen (secondary N) is 1. The Hall–Kier alpha value is -3.10. The molecule has 0 saturated carbocycles. The molecule has 4 rings (SSSR count). The normalized spacial score (nSPS) is 15.8. The van der Waals surface area contributed by atoms with Crippen molar-refractivity contribution in [1.82, 2.24) is 10.3 Å². The topological polar surface area (TPSA) is 91.8 Å². The molecule has 1 fully saturated rings. The fourth-order valence-corrected chi connectivity index (χ4v) is 4.97. The number of benzene rings is 2. The molecule has 2 N–H and O–H groups in total. The Balaban J connectivity index is 1.45. The van der Waals surface area contributed by atoms with Gasteiger partial charge in [-0.15, -0.1) is 11.3 Å². The maximum absolute atomic E-state index is 13.0. The van der Waals surface area contributed by atoms with Crippen molar-refractivity contribution in [2.75, 3.05) is 24.6 Å². The van der Waals surface area contributed by atoms with Gasteiger partial charge in [-0.05, 0) is 44.0 Å². The van der Waals surface area contributed by atoms with E-state index in [4.69, 9.17) is 21.4 Å². The first-order chi connectivity index (χ1) is 15.9. The third-order valence-electron chi connectivity index (χ3n) is 5.41. The lowest BCUT2D eigenvalue weighted by molar-refractivity contribution is -0.139. The van der Waals surface area contributed by atoms with Crippen molar-refractivity contribution in [3.05, 3.63) is 64.1 Å². The number of carboxylic acid groups (broad SMARTS) is 1. The molecule has 1 aromatic heterocycles. The van der Waals surface area contributed by atoms with E-state index in [-0.39, 0.29) is 11.9 Å². The second-order valence-electron chi connectivity index (χ2n) is 7.85. The van der Waals surface area contributed by atoms with E-state index in [1.165, 1.54) is 11.3 Å². The highest BCUT2D eigenvalue weighted by Crippen LogP contribution is 2.31. The summed E-state index contributed by atoms with van der Waals surface area (Å²) in [6.45, 7) is 2.86. The number of para-hydroxylation sites is 2. The molecule has 0 spiro atoms. The Kier molecular flexibility index (Phi) is 7.15. The number of halogens is 1. The summed E-state index contributed by atoms with van der Waals surface area (Å²) in [6.07, 6.45) is 1.76. The SMILES string of the molecule is Cc1nc(-c2ccc(Cl)cc2)sc1C(=O)NC1CCCN(c2ccccc2OCC(=O)O)C1. The van der Waals surface area contributed by atoms with E-state index in [2.05, 4.69) is 15.2 Å². The summed E-state index contributed by atoms with van der Waals surface area (Å²) in [5.74, 6) is -0.628. The number of carboxylic acids is 1. The van der Waals surface area contributed by atoms with Gasteiger partial charge in [-0.3, -0.25) is 4.79 Å². The van der Waals surface area contributed by atoms with Gasteiger partial charge in [0.25, 0.3) is 5.91 Å². The highest BCUT2D eigenvalue weighted by molar-refractivity contribution is 7.17. The van der Waals surface area contributed by atoms with Gasteiger partial charge in [0.2, 0.25) is 0 Å². The molecule has 3 aromatic rings. The molecule has 0 radical (unpaired) electrons. The third-order valence-corrected chi connectivity index (χ3v) is 6.86. The minimum atomic E-state index is -1.02. The van der Waals surface area contributed by atoms with E-state index in [0.717, 1.165) is 35.6 Å². The lowest BCUT2D eigenvalue weighted by atomic mass is 10.0. The minimum Gasteiger partial charge on any atom is -0.480 e. The first-order valence-corrected chi connectivity index (χ1v) is 11.8. The molecule has 0 aliphatic carbocycles. The minimum absolute atomic E-state index is 0.0424. The van der Waals surface area contributed by atoms with Gasteiger partial charge in [0, 0.05) is 29.7 Å². The van der Waals surface area contributed by atoms with Crippen LogP contribution in [0.25, 0.3) is 10.6 Å². The van der Waals surface area contributed by atoms with E-state index in [1.807, 2.05) is 49.4 Å². The Morgan fingerprint density at radius 3 is 2.76 bits per heavy atom. The number of carbonyl (C=O) groups excluding carboxylic acids is 1. The molecule has 0 bridgehead atoms. The number of rotatable bonds is 7. The molecule has 1 saturated heterocycles. The number of amides is 1. The van der Waals surface area contributed by atoms with Gasteiger partial charge in [0.15, 0.2) is 6.61 Å². The van der Waals surface area contributed by atoms with Gasteiger partial charge in [-0.1, -0.05) is 35.9 Å². The van der Waals surface area contributed by atoms with Crippen LogP contribution in [0.1, 0.15) is 28.2 Å². The number of aliphatic carboxylic acids is 1. The maximum atomic E-state index is 13.0. The number of aryl methyl sites for hydroxylation is 1. The number of hydrogen-bond donors (Lipinski definition) is 2. The summed E-state index contributed by atoms with van der Waals surface area (Å²) in [5.41, 5.74) is 2.45. The van der Waals surface area contributed by atoms with Gasteiger partial charge in [-0.2, -0.15) is 0 Å². The largest absolute Gasteiger partial charge is 0.480 e. The van der Waals surface area contributed by atoms with Crippen LogP contribution in [0.4, 0.5) is 5.69 Å². The van der Waals surface area contributed by atoms with Crippen molar-refractivity contribution in [2.45, 2.75) is 25.8 Å². The number of aromatic nitrogens is 1. The Morgan fingerprint density at radius 2 is 2.00 bits per heavy atom. The molecular weight excluding hydrogens is 462 g/mol. The number of piperidine rings is 1. The lowest BCUT2D eigenvalue weighted by Crippen LogP contribution is -2.47. The monoisotopic (exact) mass is 485 g/mol. The number of nitrogens with zero attached hydrogens (tertiary/aromatic N) is 2. The third kappa shape index (κ3) is 5.64. The quantitative estimate of drug-likeness (QED) is 0.506. The summed E-state index contributed by atoms with van der Waals surface area (Å²) >= 11 is 7.34. The van der Waals surface area contributed by atoms with E-state index in [0.29, 0.717) is 27.9 Å². The second kappa shape index (κ2) is 10.2. The fraction of sp³-hybridized carbons (Fsp3) is 0.292. The average Bonchev–Trinajstić information content (AvgIpc) is 3.20. The number of carbonyl (C=O) groups is 2. The van der Waals surface area contributed by atoms with Crippen molar-refractivity contribution in [2.24, 2.45) is 0 Å². The predicted molar refractivity (Wildman–Crippen MR) is 130 cm³/mol. The van der Waals surface area contributed by atoms with Crippen LogP contribution < -0.4 is 15.0 Å². The van der Waals surface area contributed by atoms with Crippen molar-refractivity contribution < 1.29 is 19.4 Å². The van der Waals surface area contributed by atoms with Gasteiger partial charge >= 0.3 is 5.97 Å². The van der Waals surface area contributed by atoms with Gasteiger partial charge in [0.1, 0.15) is 15.6 Å². The van der Waals surface area contributed by atoms with E-state index in [1.54, 1.807) is 6.07 Å². The van der Waals surface area contributed by atoms with Crippen LogP contribution in [-0.4, -0.2) is 47.7 Å². The zero-order valence-electron chi connectivity index (χ0n) is 18.1. The van der Waals surface area contributed by atoms with Gasteiger partial charge < -0.3 is 20.1 Å². The molecule has 172 valence electrons. The van der Waals surface area contributed by atoms with Gasteiger partial charge in [0.05, 0.1) is 11.4 Å². The number of ether oxygens (including phenoxy) is 1. The molecule has 1 aliphatic heterocycles. The standard InChI is InChI=1S/C24H24ClN3O4S/c1-15-22(33-24(26-15)16-8-10-17(25)11-9-16)23(31)27-18-5-4-12-28(13-18)19-6-2-3-7-20(19)32-14-21(29)30/h2-3,6-11,18H,4-5,12-14H2,1H3,(H,27,31)(H,29,30). The lowest BCUT2D eigenvalue weighted by Gasteiger charge is -2.35. The Morgan fingerprint density at radius 1 is 1.24 bits per heavy atom. The molecule has 2 aromatic carbocycles. The van der Waals surface area contributed by atoms with Crippen molar-refractivity contribution in [3.8, 4) is 16.3 Å². The molecule has 1 aliphatic rings. The second-order valence-corrected chi connectivity index (χ2v) is 9.28. The van der Waals surface area contributed by atoms with Crippen LogP contribution in [0.3, 0.4) is 0 Å². The van der Waals surface area contributed by atoms with E-state index >= 15 is 0 Å². The highest BCUT2D eigenvalue weighted by atomic mass is 35.5. The first kappa shape index (κ1) is 23.1. The molecule has 7 nitrogen and oxygen atoms in total. The predicted octanol–water partition coefficient (Wildman–Crippen LogP) is 4.63. The molecule has 33 heavy (non-hydrogen) atoms. The Labute approximate surface area is 201 Å². The molecule has 1 atom stereocenters. The first-order valence-electron chi connectivity index (χ1n) is 10.6. The van der Waals surface area contributed by atoms with E-state index < -0.39 is 12.6 Å². The molecular formula is C24H24ClN3O4S. The van der Waals surface area contributed by atoms with Crippen LogP contribution in [0.5, 0.6) is 5.75 Å². The summed E-state index contributed by atoms with van der Waals surface area (Å²) < 4.78 is 5.46. The van der Waals surface area contributed by atoms with E-state index in [9.17, 15) is 9.59 Å². The van der Waals surface area contributed by atoms with Crippen LogP contribution in [0.2, 0.25) is 5.02 Å². The fourth-order valence-electron chi connectivity index (χ4n) is 3.87. The zero-order chi connectivity index (χ0) is 23.4. The smallest absolute Gasteiger partial charge is 0.341 e. The summed E-state index contributed by atoms with van der Waals surface area (Å²) in [7, 11) is 0. The maximum Gasteiger partial charge on any atom is 0.341 e. The van der Waals surface area contributed by atoms with Crippen LogP contribution in [-0.2, 0) is 4.79 Å². The van der Waals surface area contributed by atoms with Crippen LogP contribution in [0, 0.1) is 6.92 Å². The molecule has 9 heteroatoms. The molecule has 1 amide bonds. The molecule has 1 unspecified atom stereocenters. The number of thiazole rings is 1. The van der Waals surface area contributed by atoms with Crippen LogP contribution in [0.15, 0.2) is 48.5 Å². The van der Waals surface area contributed by atoms with Crippen molar-refractivity contribution >= 4 is 40.5 Å². The van der Waals surface area contributed by atoms with Crippen molar-refractivity contribution in [3.63, 3.8) is 0 Å². The number of anilines is 1.